The Morgan fingerprint density at radius 1 is 1.16 bits per heavy atom. The number of nitrogens with zero attached hydrogens (tertiary/aromatic N) is 2. The second-order valence-electron chi connectivity index (χ2n) is 3.86. The fourth-order valence-corrected chi connectivity index (χ4v) is 4.93. The summed E-state index contributed by atoms with van der Waals surface area (Å²) in [7, 11) is -3.76. The van der Waals surface area contributed by atoms with Crippen LogP contribution in [0.1, 0.15) is 40.0 Å². The lowest BCUT2D eigenvalue weighted by Crippen LogP contribution is -2.41. The van der Waals surface area contributed by atoms with Gasteiger partial charge in [-0.25, -0.2) is 0 Å². The van der Waals surface area contributed by atoms with E-state index in [1.54, 1.807) is 13.8 Å². The zero-order valence-corrected chi connectivity index (χ0v) is 14.5. The molecule has 0 N–H and O–H groups in total. The minimum absolute atomic E-state index is 0.183. The van der Waals surface area contributed by atoms with Crippen molar-refractivity contribution >= 4 is 45.4 Å². The van der Waals surface area contributed by atoms with Crippen molar-refractivity contribution in [2.45, 2.75) is 44.0 Å². The predicted molar refractivity (Wildman–Crippen MR) is 81.2 cm³/mol. The van der Waals surface area contributed by atoms with E-state index < -0.39 is 14.1 Å². The Balaban J connectivity index is 4.99. The van der Waals surface area contributed by atoms with Crippen LogP contribution in [0.15, 0.2) is 0 Å². The van der Waals surface area contributed by atoms with Crippen molar-refractivity contribution in [3.05, 3.63) is 0 Å². The van der Waals surface area contributed by atoms with E-state index in [2.05, 4.69) is 0 Å². The van der Waals surface area contributed by atoms with E-state index in [0.717, 1.165) is 16.6 Å². The Morgan fingerprint density at radius 2 is 1.68 bits per heavy atom. The average molecular weight is 355 g/mol. The van der Waals surface area contributed by atoms with Crippen LogP contribution in [-0.4, -0.2) is 40.0 Å². The standard InChI is InChI=1S/C10H21Cl2FN2O2S2/c1-4-7-8-9-15(18-10(11,12)13)19(16,17)14(5-2)6-3/h4-9H2,1-3H3. The lowest BCUT2D eigenvalue weighted by atomic mass is 10.3. The SMILES string of the molecule is CCCCCN(SC(F)(Cl)Cl)S(=O)(=O)N(CC)CC. The molecule has 4 nitrogen and oxygen atoms in total. The summed E-state index contributed by atoms with van der Waals surface area (Å²) in [5.74, 6) is 0. The third-order valence-corrected chi connectivity index (χ3v) is 6.10. The lowest BCUT2D eigenvalue weighted by Gasteiger charge is -2.28. The Bertz CT molecular complexity index is 346. The molecule has 0 aliphatic heterocycles. The molecular formula is C10H21Cl2FN2O2S2. The van der Waals surface area contributed by atoms with E-state index in [1.165, 1.54) is 4.31 Å². The lowest BCUT2D eigenvalue weighted by molar-refractivity contribution is 0.405. The summed E-state index contributed by atoms with van der Waals surface area (Å²) in [6.45, 7) is 6.25. The molecule has 0 aromatic heterocycles. The number of halogens is 3. The van der Waals surface area contributed by atoms with E-state index in [4.69, 9.17) is 23.2 Å². The molecule has 116 valence electrons. The van der Waals surface area contributed by atoms with E-state index in [1.807, 2.05) is 6.92 Å². The van der Waals surface area contributed by atoms with Crippen molar-refractivity contribution in [3.8, 4) is 0 Å². The van der Waals surface area contributed by atoms with Crippen LogP contribution in [0, 0.1) is 0 Å². The van der Waals surface area contributed by atoms with E-state index >= 15 is 0 Å². The first-order valence-corrected chi connectivity index (χ1v) is 9.15. The number of hydrogen-bond donors (Lipinski definition) is 0. The molecule has 0 saturated carbocycles. The van der Waals surface area contributed by atoms with Gasteiger partial charge in [-0.15, -0.1) is 3.71 Å². The summed E-state index contributed by atoms with van der Waals surface area (Å²) >= 11 is 10.8. The first-order chi connectivity index (χ1) is 8.69. The number of hydrogen-bond acceptors (Lipinski definition) is 3. The summed E-state index contributed by atoms with van der Waals surface area (Å²) in [4.78, 5) is 0. The van der Waals surface area contributed by atoms with Gasteiger partial charge in [0.25, 0.3) is 10.2 Å². The summed E-state index contributed by atoms with van der Waals surface area (Å²) in [6.07, 6.45) is 2.43. The van der Waals surface area contributed by atoms with Crippen LogP contribution >= 0.6 is 35.1 Å². The topological polar surface area (TPSA) is 40.6 Å². The zero-order valence-electron chi connectivity index (χ0n) is 11.4. The normalized spacial score (nSPS) is 13.5. The van der Waals surface area contributed by atoms with Gasteiger partial charge in [-0.3, -0.25) is 0 Å². The van der Waals surface area contributed by atoms with Gasteiger partial charge in [-0.2, -0.15) is 17.1 Å². The summed E-state index contributed by atoms with van der Waals surface area (Å²) < 4.78 is 37.5. The molecule has 9 heteroatoms. The van der Waals surface area contributed by atoms with Gasteiger partial charge in [0.2, 0.25) is 0 Å². The van der Waals surface area contributed by atoms with Crippen LogP contribution in [0.3, 0.4) is 0 Å². The molecule has 0 heterocycles. The molecule has 0 saturated heterocycles. The number of rotatable bonds is 10. The largest absolute Gasteiger partial charge is 0.319 e. The van der Waals surface area contributed by atoms with E-state index in [-0.39, 0.29) is 18.5 Å². The van der Waals surface area contributed by atoms with Crippen molar-refractivity contribution in [1.82, 2.24) is 8.02 Å². The second-order valence-corrected chi connectivity index (χ2v) is 8.82. The maximum absolute atomic E-state index is 13.3. The van der Waals surface area contributed by atoms with Crippen molar-refractivity contribution in [2.24, 2.45) is 0 Å². The van der Waals surface area contributed by atoms with Gasteiger partial charge in [0.1, 0.15) is 0 Å². The van der Waals surface area contributed by atoms with Crippen LogP contribution in [0.2, 0.25) is 0 Å². The number of unbranched alkanes of at least 4 members (excludes halogenated alkanes) is 2. The molecular weight excluding hydrogens is 334 g/mol. The molecule has 0 aliphatic rings. The fourth-order valence-electron chi connectivity index (χ4n) is 1.49. The van der Waals surface area contributed by atoms with Crippen LogP contribution in [0.5, 0.6) is 0 Å². The van der Waals surface area contributed by atoms with Crippen molar-refractivity contribution < 1.29 is 12.8 Å². The van der Waals surface area contributed by atoms with Crippen LogP contribution < -0.4 is 0 Å². The molecule has 0 aliphatic carbocycles. The molecule has 0 unspecified atom stereocenters. The molecule has 0 fully saturated rings. The Kier molecular flexibility index (Phi) is 9.24. The van der Waals surface area contributed by atoms with Gasteiger partial charge in [-0.05, 0) is 6.42 Å². The predicted octanol–water partition coefficient (Wildman–Crippen LogP) is 3.77. The average Bonchev–Trinajstić information content (AvgIpc) is 2.27. The highest BCUT2D eigenvalue weighted by Crippen LogP contribution is 2.40. The molecule has 0 bridgehead atoms. The third kappa shape index (κ3) is 7.34. The zero-order chi connectivity index (χ0) is 15.1. The van der Waals surface area contributed by atoms with Crippen LogP contribution in [0.25, 0.3) is 0 Å². The van der Waals surface area contributed by atoms with Crippen molar-refractivity contribution in [2.75, 3.05) is 19.6 Å². The number of alkyl halides is 3. The molecule has 0 amide bonds. The van der Waals surface area contributed by atoms with Gasteiger partial charge >= 0.3 is 3.92 Å². The second kappa shape index (κ2) is 8.89. The van der Waals surface area contributed by atoms with Crippen LogP contribution in [-0.2, 0) is 10.2 Å². The molecule has 0 radical (unpaired) electrons. The fraction of sp³-hybridized carbons (Fsp3) is 1.00. The molecule has 0 spiro atoms. The molecule has 0 rings (SSSR count). The molecule has 0 aromatic rings. The van der Waals surface area contributed by atoms with Gasteiger partial charge < -0.3 is 0 Å². The molecule has 0 atom stereocenters. The van der Waals surface area contributed by atoms with Gasteiger partial charge in [0, 0.05) is 31.6 Å². The summed E-state index contributed by atoms with van der Waals surface area (Å²) in [5.41, 5.74) is 0. The highest BCUT2D eigenvalue weighted by Gasteiger charge is 2.36. The van der Waals surface area contributed by atoms with Crippen LogP contribution in [0.4, 0.5) is 4.39 Å². The first kappa shape index (κ1) is 19.7. The van der Waals surface area contributed by atoms with Crippen molar-refractivity contribution in [3.63, 3.8) is 0 Å². The van der Waals surface area contributed by atoms with Gasteiger partial charge in [0.05, 0.1) is 0 Å². The van der Waals surface area contributed by atoms with Gasteiger partial charge in [0.15, 0.2) is 0 Å². The minimum atomic E-state index is -3.76. The van der Waals surface area contributed by atoms with Crippen molar-refractivity contribution in [1.29, 1.82) is 0 Å². The van der Waals surface area contributed by atoms with E-state index in [0.29, 0.717) is 19.5 Å². The van der Waals surface area contributed by atoms with Gasteiger partial charge in [-0.1, -0.05) is 56.8 Å². The minimum Gasteiger partial charge on any atom is -0.194 e. The highest BCUT2D eigenvalue weighted by atomic mass is 35.5. The first-order valence-electron chi connectivity index (χ1n) is 6.22. The summed E-state index contributed by atoms with van der Waals surface area (Å²) in [5, 5.41) is 0. The Hall–Kier alpha value is 0.730. The highest BCUT2D eigenvalue weighted by molar-refractivity contribution is 8.10. The monoisotopic (exact) mass is 354 g/mol. The Labute approximate surface area is 129 Å². The third-order valence-electron chi connectivity index (χ3n) is 2.44. The van der Waals surface area contributed by atoms with E-state index in [9.17, 15) is 12.8 Å². The quantitative estimate of drug-likeness (QED) is 0.340. The Morgan fingerprint density at radius 3 is 2.05 bits per heavy atom. The maximum Gasteiger partial charge on any atom is 0.319 e. The maximum atomic E-state index is 13.3. The summed E-state index contributed by atoms with van der Waals surface area (Å²) in [6, 6.07) is 0. The molecule has 19 heavy (non-hydrogen) atoms. The molecule has 0 aromatic carbocycles. The smallest absolute Gasteiger partial charge is 0.194 e.